The summed E-state index contributed by atoms with van der Waals surface area (Å²) in [5.41, 5.74) is -1.93. The average molecular weight is 468 g/mol. The van der Waals surface area contributed by atoms with Gasteiger partial charge in [-0.25, -0.2) is 12.8 Å². The molecule has 1 N–H and O–H groups in total. The first-order valence-electron chi connectivity index (χ1n) is 7.45. The molecule has 2 rings (SSSR count). The quantitative estimate of drug-likeness (QED) is 0.656. The molecule has 0 saturated heterocycles. The Morgan fingerprint density at radius 3 is 2.11 bits per heavy atom. The van der Waals surface area contributed by atoms with Gasteiger partial charge in [0.15, 0.2) is 9.84 Å². The van der Waals surface area contributed by atoms with Crippen LogP contribution in [0.2, 0.25) is 0 Å². The minimum absolute atomic E-state index is 0.124. The van der Waals surface area contributed by atoms with Gasteiger partial charge in [0, 0.05) is 10.2 Å². The Morgan fingerprint density at radius 2 is 1.59 bits per heavy atom. The number of nitrogens with one attached hydrogen (secondary N) is 1. The number of benzene rings is 2. The van der Waals surface area contributed by atoms with Crippen LogP contribution in [-0.4, -0.2) is 19.1 Å². The third kappa shape index (κ3) is 4.32. The van der Waals surface area contributed by atoms with Crippen molar-refractivity contribution in [1.82, 2.24) is 0 Å². The SMILES string of the molecule is CC(C)(C(=O)Nc1ccc(F)c(C(F)(F)F)c1)S(=O)(=O)c1ccc(Br)cc1. The molecule has 0 radical (unpaired) electrons. The molecule has 4 nitrogen and oxygen atoms in total. The fraction of sp³-hybridized carbons (Fsp3) is 0.235. The van der Waals surface area contributed by atoms with Gasteiger partial charge in [0.1, 0.15) is 10.6 Å². The van der Waals surface area contributed by atoms with Crippen molar-refractivity contribution in [2.45, 2.75) is 29.7 Å². The number of amides is 1. The summed E-state index contributed by atoms with van der Waals surface area (Å²) < 4.78 is 75.9. The van der Waals surface area contributed by atoms with E-state index in [1.54, 1.807) is 0 Å². The van der Waals surface area contributed by atoms with Gasteiger partial charge in [-0.1, -0.05) is 15.9 Å². The predicted molar refractivity (Wildman–Crippen MR) is 95.4 cm³/mol. The maximum atomic E-state index is 13.3. The predicted octanol–water partition coefficient (Wildman–Crippen LogP) is 4.80. The molecule has 1 amide bonds. The van der Waals surface area contributed by atoms with Gasteiger partial charge in [-0.2, -0.15) is 13.2 Å². The molecule has 0 heterocycles. The van der Waals surface area contributed by atoms with Gasteiger partial charge in [-0.05, 0) is 56.3 Å². The monoisotopic (exact) mass is 467 g/mol. The van der Waals surface area contributed by atoms with E-state index in [2.05, 4.69) is 21.2 Å². The molecular weight excluding hydrogens is 454 g/mol. The topological polar surface area (TPSA) is 63.2 Å². The molecule has 0 unspecified atom stereocenters. The fourth-order valence-corrected chi connectivity index (χ4v) is 3.78. The number of anilines is 1. The highest BCUT2D eigenvalue weighted by atomic mass is 79.9. The maximum Gasteiger partial charge on any atom is 0.419 e. The molecule has 0 aromatic heterocycles. The number of hydrogen-bond acceptors (Lipinski definition) is 3. The van der Waals surface area contributed by atoms with Crippen LogP contribution in [0, 0.1) is 5.82 Å². The second-order valence-corrected chi connectivity index (χ2v) is 9.53. The summed E-state index contributed by atoms with van der Waals surface area (Å²) in [6.07, 6.45) is -4.95. The van der Waals surface area contributed by atoms with E-state index < -0.39 is 38.0 Å². The first-order valence-corrected chi connectivity index (χ1v) is 9.73. The van der Waals surface area contributed by atoms with Crippen LogP contribution in [-0.2, 0) is 20.8 Å². The highest BCUT2D eigenvalue weighted by molar-refractivity contribution is 9.10. The van der Waals surface area contributed by atoms with Crippen molar-refractivity contribution >= 4 is 37.4 Å². The number of hydrogen-bond donors (Lipinski definition) is 1. The zero-order chi connectivity index (χ0) is 20.6. The third-order valence-corrected chi connectivity index (χ3v) is 6.82. The van der Waals surface area contributed by atoms with Gasteiger partial charge in [0.25, 0.3) is 0 Å². The molecule has 0 atom stereocenters. The summed E-state index contributed by atoms with van der Waals surface area (Å²) in [6, 6.07) is 7.45. The molecule has 2 aromatic carbocycles. The highest BCUT2D eigenvalue weighted by Crippen LogP contribution is 2.34. The normalized spacial score (nSPS) is 12.7. The van der Waals surface area contributed by atoms with Crippen LogP contribution in [0.25, 0.3) is 0 Å². The average Bonchev–Trinajstić information content (AvgIpc) is 2.55. The van der Waals surface area contributed by atoms with Crippen LogP contribution in [0.1, 0.15) is 19.4 Å². The Labute approximate surface area is 161 Å². The summed E-state index contributed by atoms with van der Waals surface area (Å²) in [5, 5.41) is 2.12. The van der Waals surface area contributed by atoms with Crippen LogP contribution in [0.5, 0.6) is 0 Å². The van der Waals surface area contributed by atoms with E-state index in [9.17, 15) is 30.8 Å². The van der Waals surface area contributed by atoms with E-state index in [1.165, 1.54) is 24.3 Å². The van der Waals surface area contributed by atoms with Gasteiger partial charge in [-0.15, -0.1) is 0 Å². The zero-order valence-corrected chi connectivity index (χ0v) is 16.5. The van der Waals surface area contributed by atoms with Crippen molar-refractivity contribution in [3.8, 4) is 0 Å². The fourth-order valence-electron chi connectivity index (χ4n) is 2.13. The molecule has 0 aliphatic carbocycles. The van der Waals surface area contributed by atoms with Gasteiger partial charge in [0.2, 0.25) is 5.91 Å². The van der Waals surface area contributed by atoms with Crippen molar-refractivity contribution in [2.75, 3.05) is 5.32 Å². The van der Waals surface area contributed by atoms with Crippen molar-refractivity contribution in [1.29, 1.82) is 0 Å². The second-order valence-electron chi connectivity index (χ2n) is 6.11. The largest absolute Gasteiger partial charge is 0.419 e. The summed E-state index contributed by atoms with van der Waals surface area (Å²) >= 11 is 3.17. The van der Waals surface area contributed by atoms with E-state index in [0.717, 1.165) is 19.9 Å². The first-order chi connectivity index (χ1) is 12.3. The van der Waals surface area contributed by atoms with Crippen LogP contribution >= 0.6 is 15.9 Å². The summed E-state index contributed by atoms with van der Waals surface area (Å²) in [4.78, 5) is 12.4. The number of carbonyl (C=O) groups excluding carboxylic acids is 1. The smallest absolute Gasteiger partial charge is 0.325 e. The molecule has 2 aromatic rings. The van der Waals surface area contributed by atoms with E-state index in [-0.39, 0.29) is 10.6 Å². The lowest BCUT2D eigenvalue weighted by Gasteiger charge is -2.24. The van der Waals surface area contributed by atoms with Crippen molar-refractivity contribution in [2.24, 2.45) is 0 Å². The number of carbonyl (C=O) groups is 1. The molecular formula is C17H14BrF4NO3S. The lowest BCUT2D eigenvalue weighted by Crippen LogP contribution is -2.44. The zero-order valence-electron chi connectivity index (χ0n) is 14.1. The molecule has 0 aliphatic heterocycles. The third-order valence-electron chi connectivity index (χ3n) is 3.87. The molecule has 27 heavy (non-hydrogen) atoms. The van der Waals surface area contributed by atoms with Gasteiger partial charge < -0.3 is 5.32 Å². The molecule has 0 bridgehead atoms. The summed E-state index contributed by atoms with van der Waals surface area (Å²) in [7, 11) is -4.15. The maximum absolute atomic E-state index is 13.3. The Hall–Kier alpha value is -1.94. The Balaban J connectivity index is 2.35. The van der Waals surface area contributed by atoms with Gasteiger partial charge in [-0.3, -0.25) is 4.79 Å². The Kier molecular flexibility index (Phi) is 5.72. The summed E-state index contributed by atoms with van der Waals surface area (Å²) in [5.74, 6) is -2.55. The Morgan fingerprint density at radius 1 is 1.04 bits per heavy atom. The number of sulfone groups is 1. The molecule has 0 saturated carbocycles. The van der Waals surface area contributed by atoms with Crippen molar-refractivity contribution < 1.29 is 30.8 Å². The standard InChI is InChI=1S/C17H14BrF4NO3S/c1-16(2,27(25,26)12-6-3-10(18)4-7-12)15(24)23-11-5-8-14(19)13(9-11)17(20,21)22/h3-9H,1-2H3,(H,23,24). The lowest BCUT2D eigenvalue weighted by molar-refractivity contribution is -0.140. The number of rotatable bonds is 4. The molecule has 0 aliphatic rings. The van der Waals surface area contributed by atoms with E-state index in [1.807, 2.05) is 0 Å². The van der Waals surface area contributed by atoms with Gasteiger partial charge >= 0.3 is 6.18 Å². The van der Waals surface area contributed by atoms with Crippen LogP contribution in [0.3, 0.4) is 0 Å². The van der Waals surface area contributed by atoms with Crippen LogP contribution in [0.4, 0.5) is 23.2 Å². The first kappa shape index (κ1) is 21.4. The summed E-state index contributed by atoms with van der Waals surface area (Å²) in [6.45, 7) is 2.27. The number of alkyl halides is 3. The molecule has 10 heteroatoms. The lowest BCUT2D eigenvalue weighted by atomic mass is 10.1. The van der Waals surface area contributed by atoms with Crippen LogP contribution in [0.15, 0.2) is 51.8 Å². The van der Waals surface area contributed by atoms with E-state index in [0.29, 0.717) is 16.6 Å². The van der Waals surface area contributed by atoms with E-state index >= 15 is 0 Å². The minimum Gasteiger partial charge on any atom is -0.325 e. The minimum atomic E-state index is -4.95. The van der Waals surface area contributed by atoms with E-state index in [4.69, 9.17) is 0 Å². The molecule has 0 fully saturated rings. The van der Waals surface area contributed by atoms with Crippen molar-refractivity contribution in [3.63, 3.8) is 0 Å². The second kappa shape index (κ2) is 7.23. The molecule has 146 valence electrons. The molecule has 0 spiro atoms. The highest BCUT2D eigenvalue weighted by Gasteiger charge is 2.43. The van der Waals surface area contributed by atoms with Gasteiger partial charge in [0.05, 0.1) is 10.5 Å². The van der Waals surface area contributed by atoms with Crippen molar-refractivity contribution in [3.05, 3.63) is 58.3 Å². The van der Waals surface area contributed by atoms with Crippen LogP contribution < -0.4 is 5.32 Å². The number of halogens is 5. The Bertz CT molecular complexity index is 971.